The Balaban J connectivity index is 0.00000242. The molecule has 1 aromatic rings. The largest absolute Gasteiger partial charge is 0.466 e. The van der Waals surface area contributed by atoms with Crippen LogP contribution in [0.3, 0.4) is 0 Å². The van der Waals surface area contributed by atoms with Crippen molar-refractivity contribution in [1.29, 1.82) is 0 Å². The molecule has 122 valence electrons. The number of aryl methyl sites for hydroxylation is 1. The van der Waals surface area contributed by atoms with Gasteiger partial charge in [0.05, 0.1) is 12.6 Å². The number of anilines is 1. The van der Waals surface area contributed by atoms with Gasteiger partial charge >= 0.3 is 5.97 Å². The van der Waals surface area contributed by atoms with E-state index in [-0.39, 0.29) is 30.3 Å². The van der Waals surface area contributed by atoms with E-state index < -0.39 is 0 Å². The van der Waals surface area contributed by atoms with Gasteiger partial charge in [0.2, 0.25) is 5.91 Å². The molecule has 5 nitrogen and oxygen atoms in total. The van der Waals surface area contributed by atoms with E-state index in [1.807, 2.05) is 24.3 Å². The van der Waals surface area contributed by atoms with Crippen LogP contribution in [0, 0.1) is 0 Å². The molecule has 0 aromatic heterocycles. The predicted octanol–water partition coefficient (Wildman–Crippen LogP) is 2.29. The Morgan fingerprint density at radius 3 is 2.64 bits per heavy atom. The smallest absolute Gasteiger partial charge is 0.306 e. The minimum Gasteiger partial charge on any atom is -0.466 e. The van der Waals surface area contributed by atoms with Crippen LogP contribution in [0.2, 0.25) is 0 Å². The van der Waals surface area contributed by atoms with Gasteiger partial charge in [-0.15, -0.1) is 12.4 Å². The number of halogens is 1. The van der Waals surface area contributed by atoms with Crippen molar-refractivity contribution in [2.75, 3.05) is 18.5 Å². The summed E-state index contributed by atoms with van der Waals surface area (Å²) in [5.74, 6) is -0.158. The number of carbonyl (C=O) groups is 2. The predicted molar refractivity (Wildman–Crippen MR) is 88.3 cm³/mol. The number of amides is 1. The molecule has 0 spiro atoms. The lowest BCUT2D eigenvalue weighted by molar-refractivity contribution is -0.143. The molecule has 1 saturated heterocycles. The van der Waals surface area contributed by atoms with Crippen LogP contribution in [0.5, 0.6) is 0 Å². The van der Waals surface area contributed by atoms with Crippen molar-refractivity contribution in [2.24, 2.45) is 0 Å². The topological polar surface area (TPSA) is 67.4 Å². The Morgan fingerprint density at radius 2 is 2.05 bits per heavy atom. The fourth-order valence-electron chi connectivity index (χ4n) is 2.37. The monoisotopic (exact) mass is 326 g/mol. The van der Waals surface area contributed by atoms with Crippen LogP contribution >= 0.6 is 12.4 Å². The highest BCUT2D eigenvalue weighted by Gasteiger charge is 2.21. The lowest BCUT2D eigenvalue weighted by Crippen LogP contribution is -2.35. The molecule has 1 atom stereocenters. The average molecular weight is 327 g/mol. The summed E-state index contributed by atoms with van der Waals surface area (Å²) in [6, 6.07) is 7.52. The molecule has 1 unspecified atom stereocenters. The molecule has 0 bridgehead atoms. The SMILES string of the molecule is CCOC(=O)CCc1ccc(NC(=O)C2CCCN2)cc1.Cl. The Kier molecular flexibility index (Phi) is 7.91. The molecule has 1 heterocycles. The lowest BCUT2D eigenvalue weighted by atomic mass is 10.1. The summed E-state index contributed by atoms with van der Waals surface area (Å²) in [6.45, 7) is 3.12. The molecular formula is C16H23ClN2O3. The van der Waals surface area contributed by atoms with Gasteiger partial charge in [-0.1, -0.05) is 12.1 Å². The minimum absolute atomic E-state index is 0. The molecule has 1 amide bonds. The Hall–Kier alpha value is -1.59. The first-order valence-electron chi connectivity index (χ1n) is 7.48. The molecule has 1 aliphatic heterocycles. The van der Waals surface area contributed by atoms with Crippen LogP contribution in [0.25, 0.3) is 0 Å². The second kappa shape index (κ2) is 9.43. The number of carbonyl (C=O) groups excluding carboxylic acids is 2. The fraction of sp³-hybridized carbons (Fsp3) is 0.500. The molecule has 0 saturated carbocycles. The summed E-state index contributed by atoms with van der Waals surface area (Å²) < 4.78 is 4.89. The highest BCUT2D eigenvalue weighted by atomic mass is 35.5. The quantitative estimate of drug-likeness (QED) is 0.787. The van der Waals surface area contributed by atoms with E-state index in [0.717, 1.165) is 30.6 Å². The van der Waals surface area contributed by atoms with Gasteiger partial charge in [-0.05, 0) is 50.4 Å². The molecule has 1 aromatic carbocycles. The molecular weight excluding hydrogens is 304 g/mol. The number of benzene rings is 1. The summed E-state index contributed by atoms with van der Waals surface area (Å²) in [7, 11) is 0. The van der Waals surface area contributed by atoms with Crippen LogP contribution in [-0.4, -0.2) is 31.1 Å². The lowest BCUT2D eigenvalue weighted by Gasteiger charge is -2.11. The van der Waals surface area contributed by atoms with E-state index in [1.54, 1.807) is 6.92 Å². The number of nitrogens with one attached hydrogen (secondary N) is 2. The van der Waals surface area contributed by atoms with Gasteiger partial charge in [0.1, 0.15) is 0 Å². The molecule has 1 fully saturated rings. The number of rotatable bonds is 6. The van der Waals surface area contributed by atoms with Crippen LogP contribution in [0.15, 0.2) is 24.3 Å². The Bertz CT molecular complexity index is 485. The maximum Gasteiger partial charge on any atom is 0.306 e. The molecule has 1 aliphatic rings. The van der Waals surface area contributed by atoms with E-state index in [0.29, 0.717) is 19.4 Å². The first-order valence-corrected chi connectivity index (χ1v) is 7.48. The number of esters is 1. The summed E-state index contributed by atoms with van der Waals surface area (Å²) >= 11 is 0. The third-order valence-electron chi connectivity index (χ3n) is 3.52. The van der Waals surface area contributed by atoms with Crippen LogP contribution in [0.1, 0.15) is 31.7 Å². The second-order valence-corrected chi connectivity index (χ2v) is 5.14. The zero-order valence-corrected chi connectivity index (χ0v) is 13.6. The maximum atomic E-state index is 12.0. The van der Waals surface area contributed by atoms with Gasteiger partial charge in [0.25, 0.3) is 0 Å². The summed E-state index contributed by atoms with van der Waals surface area (Å²) in [5.41, 5.74) is 1.84. The molecule has 6 heteroatoms. The number of hydrogen-bond acceptors (Lipinski definition) is 4. The minimum atomic E-state index is -0.179. The van der Waals surface area contributed by atoms with Crippen molar-refractivity contribution in [3.05, 3.63) is 29.8 Å². The van der Waals surface area contributed by atoms with Gasteiger partial charge in [-0.2, -0.15) is 0 Å². The zero-order chi connectivity index (χ0) is 15.1. The Morgan fingerprint density at radius 1 is 1.32 bits per heavy atom. The van der Waals surface area contributed by atoms with Crippen molar-refractivity contribution in [3.63, 3.8) is 0 Å². The highest BCUT2D eigenvalue weighted by Crippen LogP contribution is 2.13. The molecule has 0 aliphatic carbocycles. The summed E-state index contributed by atoms with van der Waals surface area (Å²) in [4.78, 5) is 23.2. The van der Waals surface area contributed by atoms with Crippen molar-refractivity contribution in [1.82, 2.24) is 5.32 Å². The first kappa shape index (κ1) is 18.5. The molecule has 0 radical (unpaired) electrons. The first-order chi connectivity index (χ1) is 10.2. The Labute approximate surface area is 137 Å². The van der Waals surface area contributed by atoms with Gasteiger partial charge in [-0.3, -0.25) is 9.59 Å². The van der Waals surface area contributed by atoms with Gasteiger partial charge in [0, 0.05) is 12.1 Å². The van der Waals surface area contributed by atoms with Crippen molar-refractivity contribution >= 4 is 30.0 Å². The third kappa shape index (κ3) is 5.66. The van der Waals surface area contributed by atoms with Crippen molar-refractivity contribution in [2.45, 2.75) is 38.6 Å². The van der Waals surface area contributed by atoms with E-state index in [9.17, 15) is 9.59 Å². The summed E-state index contributed by atoms with van der Waals surface area (Å²) in [5, 5.41) is 6.07. The summed E-state index contributed by atoms with van der Waals surface area (Å²) in [6.07, 6.45) is 2.97. The normalized spacial score (nSPS) is 16.7. The van der Waals surface area contributed by atoms with E-state index in [1.165, 1.54) is 0 Å². The van der Waals surface area contributed by atoms with E-state index in [2.05, 4.69) is 10.6 Å². The average Bonchev–Trinajstić information content (AvgIpc) is 3.01. The second-order valence-electron chi connectivity index (χ2n) is 5.14. The fourth-order valence-corrected chi connectivity index (χ4v) is 2.37. The van der Waals surface area contributed by atoms with Gasteiger partial charge < -0.3 is 15.4 Å². The van der Waals surface area contributed by atoms with Crippen LogP contribution in [0.4, 0.5) is 5.69 Å². The maximum absolute atomic E-state index is 12.0. The van der Waals surface area contributed by atoms with Crippen molar-refractivity contribution < 1.29 is 14.3 Å². The molecule has 2 N–H and O–H groups in total. The zero-order valence-electron chi connectivity index (χ0n) is 12.8. The van der Waals surface area contributed by atoms with Gasteiger partial charge in [-0.25, -0.2) is 0 Å². The van der Waals surface area contributed by atoms with Gasteiger partial charge in [0.15, 0.2) is 0 Å². The van der Waals surface area contributed by atoms with Crippen LogP contribution in [-0.2, 0) is 20.7 Å². The number of ether oxygens (including phenoxy) is 1. The molecule has 22 heavy (non-hydrogen) atoms. The third-order valence-corrected chi connectivity index (χ3v) is 3.52. The highest BCUT2D eigenvalue weighted by molar-refractivity contribution is 5.95. The van der Waals surface area contributed by atoms with E-state index in [4.69, 9.17) is 4.74 Å². The molecule has 2 rings (SSSR count). The van der Waals surface area contributed by atoms with Crippen molar-refractivity contribution in [3.8, 4) is 0 Å². The van der Waals surface area contributed by atoms with Crippen LogP contribution < -0.4 is 10.6 Å². The standard InChI is InChI=1S/C16H22N2O3.ClH/c1-2-21-15(19)10-7-12-5-8-13(9-6-12)18-16(20)14-4-3-11-17-14;/h5-6,8-9,14,17H,2-4,7,10-11H2,1H3,(H,18,20);1H. The van der Waals surface area contributed by atoms with E-state index >= 15 is 0 Å². The number of hydrogen-bond donors (Lipinski definition) is 2.